The quantitative estimate of drug-likeness (QED) is 0.372. The predicted molar refractivity (Wildman–Crippen MR) is 149 cm³/mol. The van der Waals surface area contributed by atoms with Crippen LogP contribution in [-0.4, -0.2) is 51.0 Å². The highest BCUT2D eigenvalue weighted by molar-refractivity contribution is 7.92. The monoisotopic (exact) mass is 581 g/mol. The number of rotatable bonds is 10. The number of hydrogen-bond acceptors (Lipinski definition) is 4. The number of anilines is 1. The summed E-state index contributed by atoms with van der Waals surface area (Å²) in [4.78, 5) is 28.3. The van der Waals surface area contributed by atoms with Gasteiger partial charge in [-0.2, -0.15) is 0 Å². The van der Waals surface area contributed by atoms with Crippen molar-refractivity contribution in [2.24, 2.45) is 0 Å². The molecule has 0 saturated heterocycles. The van der Waals surface area contributed by atoms with Crippen LogP contribution in [0, 0.1) is 0 Å². The Labute approximate surface area is 232 Å². The minimum Gasteiger partial charge on any atom is -0.357 e. The maximum absolute atomic E-state index is 13.9. The molecule has 196 valence electrons. The maximum Gasteiger partial charge on any atom is 0.244 e. The standard InChI is InChI=1S/C26H26Cl3N3O4S/c1-30-26(34)24(15-18-9-4-3-5-10-18)31(16-19-20(27)12-8-13-21(19)28)25(33)17-32(37(2,35)36)23-14-7-6-11-22(23)29/h3-14,24H,15-17H2,1-2H3,(H,30,34)/t24-/m1/s1. The summed E-state index contributed by atoms with van der Waals surface area (Å²) in [5, 5.41) is 3.39. The lowest BCUT2D eigenvalue weighted by Gasteiger charge is -2.33. The highest BCUT2D eigenvalue weighted by atomic mass is 35.5. The Bertz CT molecular complexity index is 1350. The van der Waals surface area contributed by atoms with Crippen molar-refractivity contribution in [3.8, 4) is 0 Å². The van der Waals surface area contributed by atoms with Gasteiger partial charge in [0.2, 0.25) is 21.8 Å². The molecule has 0 aliphatic heterocycles. The highest BCUT2D eigenvalue weighted by Gasteiger charge is 2.33. The van der Waals surface area contributed by atoms with Crippen LogP contribution in [0.3, 0.4) is 0 Å². The van der Waals surface area contributed by atoms with Crippen LogP contribution in [0.4, 0.5) is 5.69 Å². The van der Waals surface area contributed by atoms with E-state index in [1.54, 1.807) is 30.3 Å². The van der Waals surface area contributed by atoms with Crippen molar-refractivity contribution in [3.05, 3.63) is 99.0 Å². The number of halogens is 3. The molecule has 7 nitrogen and oxygen atoms in total. The first-order chi connectivity index (χ1) is 17.5. The molecule has 0 saturated carbocycles. The second-order valence-electron chi connectivity index (χ2n) is 8.26. The van der Waals surface area contributed by atoms with Crippen molar-refractivity contribution < 1.29 is 18.0 Å². The summed E-state index contributed by atoms with van der Waals surface area (Å²) in [6.45, 7) is -0.713. The van der Waals surface area contributed by atoms with Gasteiger partial charge in [0, 0.05) is 35.6 Å². The summed E-state index contributed by atoms with van der Waals surface area (Å²) >= 11 is 19.1. The van der Waals surface area contributed by atoms with Crippen LogP contribution in [-0.2, 0) is 32.6 Å². The summed E-state index contributed by atoms with van der Waals surface area (Å²) in [5.41, 5.74) is 1.39. The third kappa shape index (κ3) is 7.38. The highest BCUT2D eigenvalue weighted by Crippen LogP contribution is 2.29. The summed E-state index contributed by atoms with van der Waals surface area (Å²) in [6, 6.07) is 19.4. The van der Waals surface area contributed by atoms with E-state index in [-0.39, 0.29) is 23.7 Å². The van der Waals surface area contributed by atoms with Gasteiger partial charge in [-0.1, -0.05) is 83.3 Å². The molecule has 0 unspecified atom stereocenters. The first-order valence-electron chi connectivity index (χ1n) is 11.2. The Morgan fingerprint density at radius 1 is 0.865 bits per heavy atom. The van der Waals surface area contributed by atoms with Gasteiger partial charge in [0.15, 0.2) is 0 Å². The molecule has 37 heavy (non-hydrogen) atoms. The molecular formula is C26H26Cl3N3O4S. The van der Waals surface area contributed by atoms with Gasteiger partial charge in [0.05, 0.1) is 17.0 Å². The average Bonchev–Trinajstić information content (AvgIpc) is 2.86. The molecule has 0 spiro atoms. The summed E-state index contributed by atoms with van der Waals surface area (Å²) in [6.07, 6.45) is 1.17. The lowest BCUT2D eigenvalue weighted by Crippen LogP contribution is -2.53. The van der Waals surface area contributed by atoms with E-state index in [9.17, 15) is 18.0 Å². The van der Waals surface area contributed by atoms with Gasteiger partial charge in [-0.15, -0.1) is 0 Å². The van der Waals surface area contributed by atoms with Gasteiger partial charge in [-0.3, -0.25) is 13.9 Å². The number of carbonyl (C=O) groups is 2. The summed E-state index contributed by atoms with van der Waals surface area (Å²) in [7, 11) is -2.45. The van der Waals surface area contributed by atoms with Gasteiger partial charge in [0.1, 0.15) is 12.6 Å². The van der Waals surface area contributed by atoms with E-state index in [4.69, 9.17) is 34.8 Å². The van der Waals surface area contributed by atoms with Gasteiger partial charge < -0.3 is 10.2 Å². The molecule has 3 aromatic carbocycles. The second-order valence-corrected chi connectivity index (χ2v) is 11.4. The molecule has 0 aromatic heterocycles. The fourth-order valence-corrected chi connectivity index (χ4v) is 5.49. The first kappa shape index (κ1) is 28.8. The lowest BCUT2D eigenvalue weighted by molar-refractivity contribution is -0.139. The molecule has 1 atom stereocenters. The largest absolute Gasteiger partial charge is 0.357 e. The molecule has 0 radical (unpaired) electrons. The Kier molecular flexibility index (Phi) is 9.84. The molecule has 2 amide bonds. The van der Waals surface area contributed by atoms with E-state index in [0.717, 1.165) is 16.1 Å². The van der Waals surface area contributed by atoms with Crippen molar-refractivity contribution in [2.75, 3.05) is 24.2 Å². The molecule has 3 rings (SSSR count). The number of para-hydroxylation sites is 1. The molecular weight excluding hydrogens is 557 g/mol. The molecule has 0 heterocycles. The minimum absolute atomic E-state index is 0.123. The Morgan fingerprint density at radius 2 is 1.43 bits per heavy atom. The number of hydrogen-bond donors (Lipinski definition) is 1. The van der Waals surface area contributed by atoms with Crippen molar-refractivity contribution >= 4 is 62.3 Å². The third-order valence-electron chi connectivity index (χ3n) is 5.71. The predicted octanol–water partition coefficient (Wildman–Crippen LogP) is 4.80. The smallest absolute Gasteiger partial charge is 0.244 e. The van der Waals surface area contributed by atoms with Crippen molar-refractivity contribution in [3.63, 3.8) is 0 Å². The van der Waals surface area contributed by atoms with Crippen LogP contribution in [0.1, 0.15) is 11.1 Å². The van der Waals surface area contributed by atoms with Crippen LogP contribution >= 0.6 is 34.8 Å². The zero-order valence-electron chi connectivity index (χ0n) is 20.2. The third-order valence-corrected chi connectivity index (χ3v) is 7.86. The van der Waals surface area contributed by atoms with Gasteiger partial charge in [0.25, 0.3) is 0 Å². The normalized spacial score (nSPS) is 12.0. The van der Waals surface area contributed by atoms with Crippen LogP contribution in [0.2, 0.25) is 15.1 Å². The number of benzene rings is 3. The molecule has 0 fully saturated rings. The number of carbonyl (C=O) groups excluding carboxylic acids is 2. The van der Waals surface area contributed by atoms with Crippen LogP contribution in [0.25, 0.3) is 0 Å². The van der Waals surface area contributed by atoms with Gasteiger partial charge >= 0.3 is 0 Å². The topological polar surface area (TPSA) is 86.8 Å². The summed E-state index contributed by atoms with van der Waals surface area (Å²) < 4.78 is 26.4. The number of sulfonamides is 1. The molecule has 0 aliphatic rings. The fourth-order valence-electron chi connectivity index (χ4n) is 3.82. The van der Waals surface area contributed by atoms with Crippen molar-refractivity contribution in [2.45, 2.75) is 19.0 Å². The van der Waals surface area contributed by atoms with E-state index in [1.807, 2.05) is 30.3 Å². The Morgan fingerprint density at radius 3 is 2.00 bits per heavy atom. The van der Waals surface area contributed by atoms with Crippen LogP contribution < -0.4 is 9.62 Å². The zero-order chi connectivity index (χ0) is 27.2. The summed E-state index contributed by atoms with van der Waals surface area (Å²) in [5.74, 6) is -1.06. The number of likely N-dealkylation sites (N-methyl/N-ethyl adjacent to an activating group) is 1. The first-order valence-corrected chi connectivity index (χ1v) is 14.2. The number of nitrogens with one attached hydrogen (secondary N) is 1. The minimum atomic E-state index is -3.92. The van der Waals surface area contributed by atoms with Crippen LogP contribution in [0.5, 0.6) is 0 Å². The van der Waals surface area contributed by atoms with Crippen LogP contribution in [0.15, 0.2) is 72.8 Å². The van der Waals surface area contributed by atoms with Crippen molar-refractivity contribution in [1.82, 2.24) is 10.2 Å². The SMILES string of the molecule is CNC(=O)[C@@H](Cc1ccccc1)N(Cc1c(Cl)cccc1Cl)C(=O)CN(c1ccccc1Cl)S(C)(=O)=O. The molecule has 3 aromatic rings. The molecule has 0 bridgehead atoms. The van der Waals surface area contributed by atoms with Gasteiger partial charge in [-0.05, 0) is 29.8 Å². The van der Waals surface area contributed by atoms with E-state index >= 15 is 0 Å². The van der Waals surface area contributed by atoms with Gasteiger partial charge in [-0.25, -0.2) is 8.42 Å². The molecule has 0 aliphatic carbocycles. The second kappa shape index (κ2) is 12.6. The van der Waals surface area contributed by atoms with E-state index in [1.165, 1.54) is 24.1 Å². The zero-order valence-corrected chi connectivity index (χ0v) is 23.3. The van der Waals surface area contributed by atoms with E-state index in [0.29, 0.717) is 15.6 Å². The van der Waals surface area contributed by atoms with E-state index < -0.39 is 34.4 Å². The number of nitrogens with zero attached hydrogens (tertiary/aromatic N) is 2. The Hall–Kier alpha value is -2.78. The fraction of sp³-hybridized carbons (Fsp3) is 0.231. The lowest BCUT2D eigenvalue weighted by atomic mass is 10.0. The molecule has 11 heteroatoms. The van der Waals surface area contributed by atoms with E-state index in [2.05, 4.69) is 5.32 Å². The average molecular weight is 583 g/mol. The Balaban J connectivity index is 2.08. The maximum atomic E-state index is 13.9. The van der Waals surface area contributed by atoms with Crippen molar-refractivity contribution in [1.29, 1.82) is 0 Å². The molecule has 1 N–H and O–H groups in total. The number of amides is 2.